The number of unbranched alkanes of at least 4 members (excludes halogenated alkanes) is 2. The van der Waals surface area contributed by atoms with E-state index in [4.69, 9.17) is 4.42 Å². The molecule has 0 fully saturated rings. The minimum absolute atomic E-state index is 0.0731. The summed E-state index contributed by atoms with van der Waals surface area (Å²) in [5.74, 6) is -1.06. The summed E-state index contributed by atoms with van der Waals surface area (Å²) in [5, 5.41) is 18.7. The van der Waals surface area contributed by atoms with Crippen LogP contribution in [0, 0.1) is 12.8 Å². The summed E-state index contributed by atoms with van der Waals surface area (Å²) in [6, 6.07) is 7.97. The third-order valence-corrected chi connectivity index (χ3v) is 6.87. The molecule has 1 heterocycles. The lowest BCUT2D eigenvalue weighted by Gasteiger charge is -2.29. The zero-order chi connectivity index (χ0) is 28.9. The fourth-order valence-corrected chi connectivity index (χ4v) is 4.37. The van der Waals surface area contributed by atoms with Crippen molar-refractivity contribution in [3.05, 3.63) is 47.2 Å². The van der Waals surface area contributed by atoms with Gasteiger partial charge in [0.05, 0.1) is 18.6 Å². The van der Waals surface area contributed by atoms with Gasteiger partial charge in [-0.2, -0.15) is 0 Å². The predicted molar refractivity (Wildman–Crippen MR) is 148 cm³/mol. The van der Waals surface area contributed by atoms with E-state index < -0.39 is 17.9 Å². The first kappa shape index (κ1) is 31.6. The van der Waals surface area contributed by atoms with E-state index in [0.717, 1.165) is 36.8 Å². The van der Waals surface area contributed by atoms with Gasteiger partial charge < -0.3 is 20.4 Å². The van der Waals surface area contributed by atoms with Gasteiger partial charge in [-0.1, -0.05) is 46.1 Å². The van der Waals surface area contributed by atoms with Gasteiger partial charge in [-0.15, -0.1) is 0 Å². The molecule has 10 nitrogen and oxygen atoms in total. The van der Waals surface area contributed by atoms with Crippen LogP contribution in [-0.4, -0.2) is 53.2 Å². The highest BCUT2D eigenvalue weighted by Crippen LogP contribution is 2.25. The molecule has 1 aromatic carbocycles. The molecule has 0 saturated heterocycles. The number of nitrogens with one attached hydrogen (secondary N) is 3. The second-order valence-electron chi connectivity index (χ2n) is 9.76. The Morgan fingerprint density at radius 2 is 1.77 bits per heavy atom. The molecular weight excluding hydrogens is 500 g/mol. The number of hydrogen-bond acceptors (Lipinski definition) is 6. The Kier molecular flexibility index (Phi) is 12.7. The molecule has 0 saturated carbocycles. The van der Waals surface area contributed by atoms with Crippen LogP contribution in [0.2, 0.25) is 0 Å². The molecule has 3 atom stereocenters. The van der Waals surface area contributed by atoms with Crippen molar-refractivity contribution in [3.63, 3.8) is 0 Å². The van der Waals surface area contributed by atoms with Gasteiger partial charge in [-0.3, -0.25) is 24.4 Å². The lowest BCUT2D eigenvalue weighted by molar-refractivity contribution is -0.168. The molecule has 4 N–H and O–H groups in total. The number of carbonyl (C=O) groups excluding carboxylic acids is 4. The highest BCUT2D eigenvalue weighted by Gasteiger charge is 2.30. The zero-order valence-electron chi connectivity index (χ0n) is 23.6. The number of benzene rings is 1. The van der Waals surface area contributed by atoms with Crippen LogP contribution in [0.1, 0.15) is 92.7 Å². The van der Waals surface area contributed by atoms with E-state index in [1.54, 1.807) is 31.2 Å². The third-order valence-electron chi connectivity index (χ3n) is 6.87. The first-order valence-corrected chi connectivity index (χ1v) is 13.7. The number of amides is 4. The number of hydroxylamine groups is 2. The average Bonchev–Trinajstić information content (AvgIpc) is 3.42. The topological polar surface area (TPSA) is 141 Å². The van der Waals surface area contributed by atoms with Gasteiger partial charge in [-0.05, 0) is 62.9 Å². The maximum atomic E-state index is 12.9. The maximum absolute atomic E-state index is 12.9. The molecule has 214 valence electrons. The summed E-state index contributed by atoms with van der Waals surface area (Å²) in [6.07, 6.45) is 4.74. The van der Waals surface area contributed by atoms with E-state index >= 15 is 0 Å². The minimum Gasteiger partial charge on any atom is -0.451 e. The summed E-state index contributed by atoms with van der Waals surface area (Å²) in [4.78, 5) is 49.1. The molecule has 1 aromatic heterocycles. The van der Waals surface area contributed by atoms with Crippen LogP contribution in [0.4, 0.5) is 0 Å². The van der Waals surface area contributed by atoms with Crippen molar-refractivity contribution in [1.82, 2.24) is 21.0 Å². The Hall–Kier alpha value is -3.66. The molecule has 0 bridgehead atoms. The van der Waals surface area contributed by atoms with Gasteiger partial charge in [-0.25, -0.2) is 5.06 Å². The molecular formula is C29H42N4O6. The third kappa shape index (κ3) is 8.95. The van der Waals surface area contributed by atoms with Crippen LogP contribution in [0.25, 0.3) is 11.3 Å². The van der Waals surface area contributed by atoms with Crippen LogP contribution in [0.15, 0.2) is 34.7 Å². The summed E-state index contributed by atoms with van der Waals surface area (Å²) >= 11 is 0. The van der Waals surface area contributed by atoms with E-state index in [9.17, 15) is 24.4 Å². The van der Waals surface area contributed by atoms with E-state index in [-0.39, 0.29) is 30.3 Å². The van der Waals surface area contributed by atoms with Crippen molar-refractivity contribution >= 4 is 24.1 Å². The van der Waals surface area contributed by atoms with Crippen molar-refractivity contribution in [1.29, 1.82) is 0 Å². The van der Waals surface area contributed by atoms with E-state index in [1.165, 1.54) is 0 Å². The fraction of sp³-hybridized carbons (Fsp3) is 0.517. The van der Waals surface area contributed by atoms with Crippen LogP contribution >= 0.6 is 0 Å². The van der Waals surface area contributed by atoms with Gasteiger partial charge in [0.25, 0.3) is 11.8 Å². The van der Waals surface area contributed by atoms with Gasteiger partial charge in [0, 0.05) is 17.2 Å². The monoisotopic (exact) mass is 542 g/mol. The Bertz CT molecular complexity index is 1110. The normalized spacial score (nSPS) is 13.2. The fourth-order valence-electron chi connectivity index (χ4n) is 4.37. The van der Waals surface area contributed by atoms with Gasteiger partial charge in [0.15, 0.2) is 5.76 Å². The highest BCUT2D eigenvalue weighted by atomic mass is 16.5. The van der Waals surface area contributed by atoms with Crippen LogP contribution in [-0.2, 0) is 9.59 Å². The molecule has 0 aliphatic heterocycles. The SMILES string of the molecule is CCCCC[C@@H](C(=O)NCNC(=O)c1ccc(-c2ccc(C(=O)N[C@H](C)CC)c(C)c2)o1)[C@@H](CC)N(O)C=O. The lowest BCUT2D eigenvalue weighted by atomic mass is 9.90. The van der Waals surface area contributed by atoms with E-state index in [1.807, 2.05) is 26.8 Å². The zero-order valence-corrected chi connectivity index (χ0v) is 23.6. The maximum Gasteiger partial charge on any atom is 0.288 e. The minimum atomic E-state index is -0.654. The molecule has 0 unspecified atom stereocenters. The second-order valence-corrected chi connectivity index (χ2v) is 9.76. The Balaban J connectivity index is 2.00. The standard InChI is InChI=1S/C29H42N4O6/c1-6-9-10-11-23(24(8-3)33(38)18-34)27(35)30-17-31-29(37)26-15-14-25(39-26)21-12-13-22(19(4)16-21)28(36)32-20(5)7-2/h12-16,18,20,23-24,38H,6-11,17H2,1-5H3,(H,30,35)(H,31,37)(H,32,36)/t20-,23-,24-/m1/s1. The number of carbonyl (C=O) groups is 4. The quantitative estimate of drug-likeness (QED) is 0.0814. The smallest absolute Gasteiger partial charge is 0.288 e. The van der Waals surface area contributed by atoms with Gasteiger partial charge >= 0.3 is 0 Å². The Labute approximate surface area is 230 Å². The van der Waals surface area contributed by atoms with E-state index in [0.29, 0.717) is 35.6 Å². The van der Waals surface area contributed by atoms with Crippen LogP contribution in [0.3, 0.4) is 0 Å². The molecule has 0 radical (unpaired) electrons. The number of aryl methyl sites for hydroxylation is 1. The largest absolute Gasteiger partial charge is 0.451 e. The molecule has 10 heteroatoms. The molecule has 0 aliphatic rings. The predicted octanol–water partition coefficient (Wildman–Crippen LogP) is 4.41. The summed E-state index contributed by atoms with van der Waals surface area (Å²) < 4.78 is 5.74. The summed E-state index contributed by atoms with van der Waals surface area (Å²) in [5.41, 5.74) is 2.09. The number of hydrogen-bond donors (Lipinski definition) is 4. The average molecular weight is 543 g/mol. The van der Waals surface area contributed by atoms with Crippen molar-refractivity contribution in [3.8, 4) is 11.3 Å². The van der Waals surface area contributed by atoms with Gasteiger partial charge in [0.1, 0.15) is 5.76 Å². The molecule has 2 rings (SSSR count). The summed E-state index contributed by atoms with van der Waals surface area (Å²) in [7, 11) is 0. The van der Waals surface area contributed by atoms with Crippen LogP contribution in [0.5, 0.6) is 0 Å². The number of rotatable bonds is 16. The second kappa shape index (κ2) is 15.7. The Morgan fingerprint density at radius 1 is 1.03 bits per heavy atom. The summed E-state index contributed by atoms with van der Waals surface area (Å²) in [6.45, 7) is 9.51. The highest BCUT2D eigenvalue weighted by molar-refractivity contribution is 5.96. The number of nitrogens with zero attached hydrogens (tertiary/aromatic N) is 1. The van der Waals surface area contributed by atoms with E-state index in [2.05, 4.69) is 22.9 Å². The van der Waals surface area contributed by atoms with Crippen molar-refractivity contribution in [2.24, 2.45) is 5.92 Å². The van der Waals surface area contributed by atoms with Gasteiger partial charge in [0.2, 0.25) is 12.3 Å². The molecule has 39 heavy (non-hydrogen) atoms. The first-order valence-electron chi connectivity index (χ1n) is 13.7. The van der Waals surface area contributed by atoms with Crippen molar-refractivity contribution < 1.29 is 28.8 Å². The number of furan rings is 1. The van der Waals surface area contributed by atoms with Crippen molar-refractivity contribution in [2.75, 3.05) is 6.67 Å². The first-order chi connectivity index (χ1) is 18.7. The van der Waals surface area contributed by atoms with Crippen molar-refractivity contribution in [2.45, 2.75) is 85.2 Å². The molecule has 0 aliphatic carbocycles. The lowest BCUT2D eigenvalue weighted by Crippen LogP contribution is -2.47. The molecule has 2 aromatic rings. The van der Waals surface area contributed by atoms with Crippen LogP contribution < -0.4 is 16.0 Å². The Morgan fingerprint density at radius 3 is 2.38 bits per heavy atom. The molecule has 0 spiro atoms. The molecule has 4 amide bonds.